The summed E-state index contributed by atoms with van der Waals surface area (Å²) in [6, 6.07) is 7.28. The summed E-state index contributed by atoms with van der Waals surface area (Å²) in [5.74, 6) is 2.09. The van der Waals surface area contributed by atoms with Gasteiger partial charge in [0.2, 0.25) is 5.95 Å². The van der Waals surface area contributed by atoms with E-state index >= 15 is 0 Å². The molecule has 2 bridgehead atoms. The molecule has 1 saturated carbocycles. The molecule has 9 nitrogen and oxygen atoms in total. The number of ether oxygens (including phenoxy) is 1. The van der Waals surface area contributed by atoms with Crippen LogP contribution in [0.4, 0.5) is 16.4 Å². The fourth-order valence-corrected chi connectivity index (χ4v) is 4.59. The van der Waals surface area contributed by atoms with Crippen LogP contribution in [0.15, 0.2) is 28.8 Å². The monoisotopic (exact) mass is 427 g/mol. The number of hydrogen-bond acceptors (Lipinski definition) is 8. The van der Waals surface area contributed by atoms with Gasteiger partial charge in [-0.25, -0.2) is 9.07 Å². The first kappa shape index (κ1) is 19.8. The number of aryl methyl sites for hydroxylation is 1. The van der Waals surface area contributed by atoms with E-state index in [0.29, 0.717) is 41.4 Å². The average Bonchev–Trinajstić information content (AvgIpc) is 3.39. The van der Waals surface area contributed by atoms with Crippen LogP contribution < -0.4 is 15.0 Å². The maximum Gasteiger partial charge on any atom is 0.324 e. The second kappa shape index (κ2) is 7.82. The Hall–Kier alpha value is -3.17. The maximum atomic E-state index is 13.5. The molecule has 2 aliphatic rings. The van der Waals surface area contributed by atoms with Gasteiger partial charge in [-0.15, -0.1) is 5.10 Å². The first-order valence-corrected chi connectivity index (χ1v) is 10.7. The summed E-state index contributed by atoms with van der Waals surface area (Å²) < 4.78 is 26.5. The van der Waals surface area contributed by atoms with Crippen molar-refractivity contribution >= 4 is 12.0 Å². The highest BCUT2D eigenvalue weighted by atomic mass is 19.1. The largest absolute Gasteiger partial charge is 0.424 e. The highest BCUT2D eigenvalue weighted by Crippen LogP contribution is 2.40. The summed E-state index contributed by atoms with van der Waals surface area (Å²) in [6.45, 7) is 7.55. The van der Waals surface area contributed by atoms with Crippen molar-refractivity contribution in [1.82, 2.24) is 24.9 Å². The Bertz CT molecular complexity index is 1050. The number of anilines is 2. The van der Waals surface area contributed by atoms with Crippen molar-refractivity contribution in [1.29, 1.82) is 0 Å². The van der Waals surface area contributed by atoms with E-state index in [1.807, 2.05) is 20.8 Å². The van der Waals surface area contributed by atoms with Gasteiger partial charge in [0, 0.05) is 25.2 Å². The van der Waals surface area contributed by atoms with Crippen molar-refractivity contribution in [3.8, 4) is 11.8 Å². The summed E-state index contributed by atoms with van der Waals surface area (Å²) in [5, 5.41) is 12.1. The molecular weight excluding hydrogens is 401 g/mol. The molecule has 2 fully saturated rings. The van der Waals surface area contributed by atoms with Gasteiger partial charge >= 0.3 is 12.0 Å². The molecular formula is C21H26FN7O2. The fraction of sp³-hybridized carbons (Fsp3) is 0.524. The van der Waals surface area contributed by atoms with E-state index in [-0.39, 0.29) is 17.9 Å². The second-order valence-electron chi connectivity index (χ2n) is 8.61. The van der Waals surface area contributed by atoms with Gasteiger partial charge in [0.05, 0.1) is 6.04 Å². The minimum atomic E-state index is -0.355. The summed E-state index contributed by atoms with van der Waals surface area (Å²) >= 11 is 0. The number of aromatic nitrogens is 5. The number of rotatable bonds is 6. The molecule has 164 valence electrons. The van der Waals surface area contributed by atoms with Crippen molar-refractivity contribution in [3.63, 3.8) is 0 Å². The number of fused-ring (bicyclic) bond motifs is 2. The summed E-state index contributed by atoms with van der Waals surface area (Å²) in [6.07, 6.45) is 2.26. The zero-order valence-corrected chi connectivity index (χ0v) is 17.8. The minimum Gasteiger partial charge on any atom is -0.424 e. The summed E-state index contributed by atoms with van der Waals surface area (Å²) in [7, 11) is 0. The van der Waals surface area contributed by atoms with Gasteiger partial charge < -0.3 is 19.5 Å². The Morgan fingerprint density at radius 2 is 1.97 bits per heavy atom. The van der Waals surface area contributed by atoms with Crippen LogP contribution in [-0.4, -0.2) is 44.0 Å². The Kier molecular flexibility index (Phi) is 4.99. The molecule has 1 N–H and O–H groups in total. The molecule has 2 aromatic heterocycles. The van der Waals surface area contributed by atoms with Gasteiger partial charge in [0.25, 0.3) is 0 Å². The van der Waals surface area contributed by atoms with Gasteiger partial charge in [-0.1, -0.05) is 11.2 Å². The first-order valence-electron chi connectivity index (χ1n) is 10.7. The van der Waals surface area contributed by atoms with Crippen LogP contribution in [0.3, 0.4) is 0 Å². The predicted octanol–water partition coefficient (Wildman–Crippen LogP) is 3.81. The van der Waals surface area contributed by atoms with Gasteiger partial charge in [-0.3, -0.25) is 0 Å². The van der Waals surface area contributed by atoms with Crippen molar-refractivity contribution in [3.05, 3.63) is 35.9 Å². The van der Waals surface area contributed by atoms with Crippen LogP contribution in [0.1, 0.15) is 38.6 Å². The van der Waals surface area contributed by atoms with E-state index in [1.54, 1.807) is 16.8 Å². The van der Waals surface area contributed by atoms with Gasteiger partial charge in [-0.2, -0.15) is 9.97 Å². The molecule has 1 aliphatic carbocycles. The van der Waals surface area contributed by atoms with Gasteiger partial charge in [-0.05, 0) is 57.6 Å². The van der Waals surface area contributed by atoms with Crippen molar-refractivity contribution in [2.24, 2.45) is 11.8 Å². The molecule has 0 spiro atoms. The number of nitrogens with zero attached hydrogens (tertiary/aromatic N) is 6. The van der Waals surface area contributed by atoms with E-state index in [2.05, 4.69) is 30.4 Å². The lowest BCUT2D eigenvalue weighted by atomic mass is 9.92. The zero-order valence-electron chi connectivity index (χ0n) is 17.8. The number of benzene rings is 1. The highest BCUT2D eigenvalue weighted by molar-refractivity contribution is 5.35. The lowest BCUT2D eigenvalue weighted by molar-refractivity contribution is 0.340. The Morgan fingerprint density at radius 3 is 2.61 bits per heavy atom. The van der Waals surface area contributed by atoms with E-state index in [0.717, 1.165) is 25.9 Å². The molecule has 1 aliphatic heterocycles. The molecule has 5 rings (SSSR count). The quantitative estimate of drug-likeness (QED) is 0.635. The molecule has 3 heterocycles. The van der Waals surface area contributed by atoms with Crippen LogP contribution in [-0.2, 0) is 0 Å². The standard InChI is InChI=1S/C21H26FN7O2/c1-12(2)29-21(30-17-6-4-5-16(22)9-17)25-19(26-29)24-18-14-7-8-15(18)11-28(10-14)20-23-13(3)27-31-20/h4-6,9,12,14-15,18H,7-8,10-11H2,1-3H3,(H,24,26)/t14-,15+,18-. The molecule has 0 unspecified atom stereocenters. The molecule has 0 radical (unpaired) electrons. The number of piperidine rings is 1. The smallest absolute Gasteiger partial charge is 0.324 e. The summed E-state index contributed by atoms with van der Waals surface area (Å²) in [5.41, 5.74) is 0. The van der Waals surface area contributed by atoms with Crippen molar-refractivity contribution in [2.45, 2.75) is 45.7 Å². The minimum absolute atomic E-state index is 0.0472. The molecule has 3 aromatic rings. The van der Waals surface area contributed by atoms with E-state index < -0.39 is 0 Å². The molecule has 1 saturated heterocycles. The fourth-order valence-electron chi connectivity index (χ4n) is 4.59. The van der Waals surface area contributed by atoms with E-state index in [1.165, 1.54) is 12.1 Å². The van der Waals surface area contributed by atoms with Crippen LogP contribution in [0.2, 0.25) is 0 Å². The number of halogens is 1. The van der Waals surface area contributed by atoms with Crippen LogP contribution in [0.5, 0.6) is 11.8 Å². The SMILES string of the molecule is Cc1noc(N2C[C@H]3CC[C@@H](C2)[C@@H]3Nc2nc(Oc3cccc(F)c3)n(C(C)C)n2)n1. The topological polar surface area (TPSA) is 94.1 Å². The average molecular weight is 427 g/mol. The second-order valence-corrected chi connectivity index (χ2v) is 8.61. The molecule has 1 aromatic carbocycles. The Labute approximate surface area is 179 Å². The van der Waals surface area contributed by atoms with Gasteiger partial charge in [0.15, 0.2) is 5.82 Å². The number of hydrogen-bond donors (Lipinski definition) is 1. The normalized spacial score (nSPS) is 22.9. The third-order valence-electron chi connectivity index (χ3n) is 6.01. The first-order chi connectivity index (χ1) is 15.0. The van der Waals surface area contributed by atoms with Crippen LogP contribution in [0, 0.1) is 24.6 Å². The van der Waals surface area contributed by atoms with Gasteiger partial charge in [0.1, 0.15) is 11.6 Å². The lowest BCUT2D eigenvalue weighted by Gasteiger charge is -2.37. The Balaban J connectivity index is 1.32. The zero-order chi connectivity index (χ0) is 21.5. The van der Waals surface area contributed by atoms with Crippen molar-refractivity contribution < 1.29 is 13.7 Å². The maximum absolute atomic E-state index is 13.5. The third-order valence-corrected chi connectivity index (χ3v) is 6.01. The van der Waals surface area contributed by atoms with Crippen molar-refractivity contribution in [2.75, 3.05) is 23.3 Å². The van der Waals surface area contributed by atoms with Crippen LogP contribution >= 0.6 is 0 Å². The molecule has 10 heteroatoms. The molecule has 3 atom stereocenters. The summed E-state index contributed by atoms with van der Waals surface area (Å²) in [4.78, 5) is 11.1. The lowest BCUT2D eigenvalue weighted by Crippen LogP contribution is -2.48. The molecule has 0 amide bonds. The third kappa shape index (κ3) is 3.94. The predicted molar refractivity (Wildman–Crippen MR) is 112 cm³/mol. The van der Waals surface area contributed by atoms with Crippen LogP contribution in [0.25, 0.3) is 0 Å². The van der Waals surface area contributed by atoms with E-state index in [9.17, 15) is 4.39 Å². The number of nitrogens with one attached hydrogen (secondary N) is 1. The highest BCUT2D eigenvalue weighted by Gasteiger charge is 2.43. The van der Waals surface area contributed by atoms with E-state index in [4.69, 9.17) is 9.26 Å². The Morgan fingerprint density at radius 1 is 1.19 bits per heavy atom. The molecule has 31 heavy (non-hydrogen) atoms.